The van der Waals surface area contributed by atoms with Gasteiger partial charge in [-0.2, -0.15) is 0 Å². The molecule has 18 heavy (non-hydrogen) atoms. The Morgan fingerprint density at radius 1 is 1.22 bits per heavy atom. The van der Waals surface area contributed by atoms with Crippen LogP contribution in [0.5, 0.6) is 0 Å². The molecule has 0 fully saturated rings. The Hall–Kier alpha value is -2.03. The van der Waals surface area contributed by atoms with Gasteiger partial charge in [0.25, 0.3) is 0 Å². The van der Waals surface area contributed by atoms with Crippen molar-refractivity contribution in [2.24, 2.45) is 0 Å². The molecule has 0 saturated heterocycles. The van der Waals surface area contributed by atoms with E-state index in [1.165, 1.54) is 0 Å². The van der Waals surface area contributed by atoms with Gasteiger partial charge >= 0.3 is 0 Å². The molecular weight excluding hydrogens is 222 g/mol. The Morgan fingerprint density at radius 3 is 2.78 bits per heavy atom. The van der Waals surface area contributed by atoms with Crippen LogP contribution in [0.2, 0.25) is 0 Å². The number of fused-ring (bicyclic) bond motifs is 1. The van der Waals surface area contributed by atoms with Crippen LogP contribution in [-0.4, -0.2) is 11.0 Å². The first-order valence-corrected chi connectivity index (χ1v) is 6.31. The van der Waals surface area contributed by atoms with E-state index in [4.69, 9.17) is 5.73 Å². The van der Waals surface area contributed by atoms with Gasteiger partial charge in [-0.1, -0.05) is 12.2 Å². The van der Waals surface area contributed by atoms with Crippen LogP contribution in [0.15, 0.2) is 36.4 Å². The third-order valence-electron chi connectivity index (χ3n) is 3.33. The highest BCUT2D eigenvalue weighted by molar-refractivity contribution is 5.93. The SMILES string of the molecule is Cc1cc(NC2CC=CC2)c2cc(N)ccc2n1. The van der Waals surface area contributed by atoms with E-state index in [-0.39, 0.29) is 0 Å². The van der Waals surface area contributed by atoms with Gasteiger partial charge in [-0.15, -0.1) is 0 Å². The van der Waals surface area contributed by atoms with Gasteiger partial charge in [-0.3, -0.25) is 4.98 Å². The lowest BCUT2D eigenvalue weighted by Gasteiger charge is -2.16. The zero-order valence-electron chi connectivity index (χ0n) is 10.5. The van der Waals surface area contributed by atoms with E-state index < -0.39 is 0 Å². The van der Waals surface area contributed by atoms with Crippen molar-refractivity contribution >= 4 is 22.3 Å². The number of nitrogens with zero attached hydrogens (tertiary/aromatic N) is 1. The third-order valence-corrected chi connectivity index (χ3v) is 3.33. The number of pyridine rings is 1. The molecule has 1 aromatic carbocycles. The number of aryl methyl sites for hydroxylation is 1. The van der Waals surface area contributed by atoms with E-state index in [9.17, 15) is 0 Å². The van der Waals surface area contributed by atoms with Crippen molar-refractivity contribution in [2.45, 2.75) is 25.8 Å². The summed E-state index contributed by atoms with van der Waals surface area (Å²) in [6.07, 6.45) is 6.63. The summed E-state index contributed by atoms with van der Waals surface area (Å²) in [5, 5.41) is 4.70. The molecule has 0 bridgehead atoms. The summed E-state index contributed by atoms with van der Waals surface area (Å²) >= 11 is 0. The summed E-state index contributed by atoms with van der Waals surface area (Å²) in [5.41, 5.74) is 9.81. The molecule has 3 rings (SSSR count). The minimum Gasteiger partial charge on any atom is -0.399 e. The lowest BCUT2D eigenvalue weighted by molar-refractivity contribution is 0.788. The highest BCUT2D eigenvalue weighted by Gasteiger charge is 2.12. The number of rotatable bonds is 2. The maximum Gasteiger partial charge on any atom is 0.0727 e. The van der Waals surface area contributed by atoms with Gasteiger partial charge < -0.3 is 11.1 Å². The van der Waals surface area contributed by atoms with Crippen molar-refractivity contribution in [2.75, 3.05) is 11.1 Å². The molecule has 0 aliphatic heterocycles. The zero-order chi connectivity index (χ0) is 12.5. The largest absolute Gasteiger partial charge is 0.399 e. The summed E-state index contributed by atoms with van der Waals surface area (Å²) in [6, 6.07) is 8.47. The van der Waals surface area contributed by atoms with Gasteiger partial charge in [-0.25, -0.2) is 0 Å². The van der Waals surface area contributed by atoms with Gasteiger partial charge in [-0.05, 0) is 44.0 Å². The summed E-state index contributed by atoms with van der Waals surface area (Å²) in [4.78, 5) is 4.54. The zero-order valence-corrected chi connectivity index (χ0v) is 10.5. The van der Waals surface area contributed by atoms with E-state index in [1.807, 2.05) is 25.1 Å². The molecule has 0 atom stereocenters. The Labute approximate surface area is 107 Å². The van der Waals surface area contributed by atoms with Crippen LogP contribution in [-0.2, 0) is 0 Å². The van der Waals surface area contributed by atoms with E-state index in [0.717, 1.165) is 40.8 Å². The first kappa shape index (κ1) is 11.1. The predicted octanol–water partition coefficient (Wildman–Crippen LogP) is 3.26. The van der Waals surface area contributed by atoms with Gasteiger partial charge in [0.05, 0.1) is 5.52 Å². The van der Waals surface area contributed by atoms with Crippen LogP contribution < -0.4 is 11.1 Å². The highest BCUT2D eigenvalue weighted by Crippen LogP contribution is 2.27. The molecule has 1 heterocycles. The molecule has 0 unspecified atom stereocenters. The van der Waals surface area contributed by atoms with Gasteiger partial charge in [0.2, 0.25) is 0 Å². The first-order valence-electron chi connectivity index (χ1n) is 6.31. The average Bonchev–Trinajstić information content (AvgIpc) is 2.83. The van der Waals surface area contributed by atoms with Crippen molar-refractivity contribution in [1.82, 2.24) is 4.98 Å². The fourth-order valence-electron chi connectivity index (χ4n) is 2.45. The second-order valence-corrected chi connectivity index (χ2v) is 4.87. The average molecular weight is 239 g/mol. The maximum absolute atomic E-state index is 5.87. The van der Waals surface area contributed by atoms with Gasteiger partial charge in [0.15, 0.2) is 0 Å². The second-order valence-electron chi connectivity index (χ2n) is 4.87. The van der Waals surface area contributed by atoms with E-state index >= 15 is 0 Å². The minimum absolute atomic E-state index is 0.497. The molecule has 1 aliphatic rings. The molecule has 0 saturated carbocycles. The summed E-state index contributed by atoms with van der Waals surface area (Å²) in [6.45, 7) is 2.02. The Kier molecular flexibility index (Phi) is 2.67. The summed E-state index contributed by atoms with van der Waals surface area (Å²) < 4.78 is 0. The van der Waals surface area contributed by atoms with Crippen molar-refractivity contribution in [3.05, 3.63) is 42.1 Å². The fourth-order valence-corrected chi connectivity index (χ4v) is 2.45. The predicted molar refractivity (Wildman–Crippen MR) is 76.7 cm³/mol. The summed E-state index contributed by atoms with van der Waals surface area (Å²) in [7, 11) is 0. The van der Waals surface area contributed by atoms with Crippen molar-refractivity contribution in [3.8, 4) is 0 Å². The molecule has 1 aromatic heterocycles. The van der Waals surface area contributed by atoms with Crippen LogP contribution in [0, 0.1) is 6.92 Å². The normalized spacial score (nSPS) is 15.4. The number of hydrogen-bond acceptors (Lipinski definition) is 3. The van der Waals surface area contributed by atoms with Gasteiger partial charge in [0.1, 0.15) is 0 Å². The number of anilines is 2. The molecule has 92 valence electrons. The Balaban J connectivity index is 2.05. The van der Waals surface area contributed by atoms with Crippen molar-refractivity contribution in [3.63, 3.8) is 0 Å². The number of nitrogens with one attached hydrogen (secondary N) is 1. The quantitative estimate of drug-likeness (QED) is 0.624. The number of nitrogens with two attached hydrogens (primary N) is 1. The molecule has 3 N–H and O–H groups in total. The van der Waals surface area contributed by atoms with Crippen LogP contribution >= 0.6 is 0 Å². The maximum atomic E-state index is 5.87. The topological polar surface area (TPSA) is 50.9 Å². The lowest BCUT2D eigenvalue weighted by Crippen LogP contribution is -2.15. The van der Waals surface area contributed by atoms with Crippen molar-refractivity contribution in [1.29, 1.82) is 0 Å². The lowest BCUT2D eigenvalue weighted by atomic mass is 10.1. The monoisotopic (exact) mass is 239 g/mol. The summed E-state index contributed by atoms with van der Waals surface area (Å²) in [5.74, 6) is 0. The first-order chi connectivity index (χ1) is 8.72. The molecule has 1 aliphatic carbocycles. The minimum atomic E-state index is 0.497. The molecule has 3 nitrogen and oxygen atoms in total. The standard InChI is InChI=1S/C15H17N3/c1-10-8-15(18-12-4-2-3-5-12)13-9-11(16)6-7-14(13)17-10/h2-3,6-9,12H,4-5,16H2,1H3,(H,17,18). The molecule has 3 heteroatoms. The Bertz CT molecular complexity index is 608. The van der Waals surface area contributed by atoms with E-state index in [2.05, 4.69) is 28.5 Å². The van der Waals surface area contributed by atoms with E-state index in [0.29, 0.717) is 6.04 Å². The van der Waals surface area contributed by atoms with Crippen molar-refractivity contribution < 1.29 is 0 Å². The molecular formula is C15H17N3. The molecule has 0 spiro atoms. The third kappa shape index (κ3) is 2.04. The van der Waals surface area contributed by atoms with Crippen LogP contribution in [0.4, 0.5) is 11.4 Å². The number of aromatic nitrogens is 1. The van der Waals surface area contributed by atoms with Crippen LogP contribution in [0.1, 0.15) is 18.5 Å². The van der Waals surface area contributed by atoms with Crippen LogP contribution in [0.3, 0.4) is 0 Å². The molecule has 0 amide bonds. The van der Waals surface area contributed by atoms with Crippen LogP contribution in [0.25, 0.3) is 10.9 Å². The second kappa shape index (κ2) is 4.33. The smallest absolute Gasteiger partial charge is 0.0727 e. The highest BCUT2D eigenvalue weighted by atomic mass is 14.9. The van der Waals surface area contributed by atoms with E-state index in [1.54, 1.807) is 0 Å². The molecule has 2 aromatic rings. The molecule has 0 radical (unpaired) electrons. The van der Waals surface area contributed by atoms with Gasteiger partial charge in [0, 0.05) is 28.5 Å². The number of benzene rings is 1. The number of nitrogen functional groups attached to an aromatic ring is 1. The Morgan fingerprint density at radius 2 is 2.00 bits per heavy atom. The fraction of sp³-hybridized carbons (Fsp3) is 0.267. The number of hydrogen-bond donors (Lipinski definition) is 2.